The van der Waals surface area contributed by atoms with Gasteiger partial charge in [-0.25, -0.2) is 4.98 Å². The topological polar surface area (TPSA) is 83.1 Å². The first-order valence-corrected chi connectivity index (χ1v) is 14.4. The summed E-state index contributed by atoms with van der Waals surface area (Å²) in [5, 5.41) is 3.65. The Labute approximate surface area is 229 Å². The maximum Gasteiger partial charge on any atom is 0.298 e. The summed E-state index contributed by atoms with van der Waals surface area (Å²) in [5.74, 6) is 8.04. The summed E-state index contributed by atoms with van der Waals surface area (Å²) in [5.41, 5.74) is 5.53. The third kappa shape index (κ3) is 4.81. The van der Waals surface area contributed by atoms with Crippen molar-refractivity contribution in [1.29, 1.82) is 0 Å². The Morgan fingerprint density at radius 3 is 2.62 bits per heavy atom. The van der Waals surface area contributed by atoms with E-state index in [4.69, 9.17) is 19.4 Å². The van der Waals surface area contributed by atoms with Crippen molar-refractivity contribution < 1.29 is 14.3 Å². The lowest BCUT2D eigenvalue weighted by molar-refractivity contribution is -0.126. The zero-order valence-corrected chi connectivity index (χ0v) is 22.6. The van der Waals surface area contributed by atoms with Crippen LogP contribution < -0.4 is 15.0 Å². The Bertz CT molecular complexity index is 1310. The molecule has 2 aromatic rings. The molecule has 39 heavy (non-hydrogen) atoms. The highest BCUT2D eigenvalue weighted by atomic mass is 16.5. The Morgan fingerprint density at radius 1 is 1.08 bits per heavy atom. The Kier molecular flexibility index (Phi) is 6.53. The molecular formula is C30H36N6O3. The van der Waals surface area contributed by atoms with Crippen molar-refractivity contribution in [2.75, 3.05) is 62.7 Å². The van der Waals surface area contributed by atoms with Crippen molar-refractivity contribution in [3.63, 3.8) is 0 Å². The predicted octanol–water partition coefficient (Wildman–Crippen LogP) is 3.24. The number of carbonyl (C=O) groups is 1. The molecule has 9 heteroatoms. The molecule has 5 aliphatic rings. The molecule has 2 aromatic heterocycles. The first kappa shape index (κ1) is 24.7. The molecule has 0 atom stereocenters. The van der Waals surface area contributed by atoms with Crippen LogP contribution in [-0.2, 0) is 16.1 Å². The van der Waals surface area contributed by atoms with Crippen LogP contribution in [0.1, 0.15) is 61.4 Å². The average Bonchev–Trinajstić information content (AvgIpc) is 3.79. The fourth-order valence-electron chi connectivity index (χ4n) is 6.38. The number of piperidine rings is 1. The van der Waals surface area contributed by atoms with Crippen molar-refractivity contribution >= 4 is 23.1 Å². The number of nitrogens with zero attached hydrogens (tertiary/aromatic N) is 5. The number of anilines is 3. The summed E-state index contributed by atoms with van der Waals surface area (Å²) >= 11 is 0. The number of ether oxygens (including phenoxy) is 2. The molecule has 0 aromatic carbocycles. The first-order chi connectivity index (χ1) is 19.2. The number of aromatic nitrogens is 2. The molecule has 1 amide bonds. The monoisotopic (exact) mass is 528 g/mol. The summed E-state index contributed by atoms with van der Waals surface area (Å²) in [4.78, 5) is 28.9. The van der Waals surface area contributed by atoms with Gasteiger partial charge in [0.1, 0.15) is 12.4 Å². The molecule has 1 aliphatic carbocycles. The number of fused-ring (bicyclic) bond motifs is 2. The van der Waals surface area contributed by atoms with Crippen LogP contribution >= 0.6 is 0 Å². The molecule has 1 N–H and O–H groups in total. The maximum atomic E-state index is 12.1. The van der Waals surface area contributed by atoms with E-state index in [1.165, 1.54) is 18.5 Å². The van der Waals surface area contributed by atoms with Crippen LogP contribution in [-0.4, -0.2) is 84.2 Å². The number of carbonyl (C=O) groups excluding carboxylic acids is 1. The van der Waals surface area contributed by atoms with Gasteiger partial charge in [-0.2, -0.15) is 0 Å². The van der Waals surface area contributed by atoms with Gasteiger partial charge in [0.05, 0.1) is 30.2 Å². The number of morpholine rings is 1. The first-order valence-electron chi connectivity index (χ1n) is 14.4. The molecule has 6 heterocycles. The standard InChI is InChI=1S/C30H36N6O3/c1-2-3-27(37)35-10-7-22(8-11-35)36-17-21(18-36)24-16-25-29(28(32-24)20-4-5-20)39-19-23-26(6-9-31-30(23)33-25)34-12-14-38-15-13-34/h6,9,16,20-22H,4-5,7-8,10-15,17-19H2,1H3,(H,31,33). The summed E-state index contributed by atoms with van der Waals surface area (Å²) in [6.45, 7) is 9.06. The van der Waals surface area contributed by atoms with E-state index in [-0.39, 0.29) is 5.91 Å². The molecule has 204 valence electrons. The van der Waals surface area contributed by atoms with Gasteiger partial charge >= 0.3 is 0 Å². The van der Waals surface area contributed by atoms with Gasteiger partial charge < -0.3 is 24.6 Å². The van der Waals surface area contributed by atoms with Crippen LogP contribution in [0.4, 0.5) is 17.2 Å². The third-order valence-corrected chi connectivity index (χ3v) is 8.81. The number of hydrogen-bond donors (Lipinski definition) is 1. The molecule has 0 radical (unpaired) electrons. The maximum absolute atomic E-state index is 12.1. The molecular weight excluding hydrogens is 492 g/mol. The number of hydrogen-bond acceptors (Lipinski definition) is 8. The van der Waals surface area contributed by atoms with Crippen LogP contribution in [0.5, 0.6) is 5.75 Å². The van der Waals surface area contributed by atoms with E-state index in [0.717, 1.165) is 99.5 Å². The van der Waals surface area contributed by atoms with E-state index in [2.05, 4.69) is 39.1 Å². The zero-order chi connectivity index (χ0) is 26.3. The summed E-state index contributed by atoms with van der Waals surface area (Å²) in [6, 6.07) is 4.82. The molecule has 0 spiro atoms. The number of rotatable bonds is 4. The normalized spacial score (nSPS) is 21.9. The van der Waals surface area contributed by atoms with Gasteiger partial charge in [-0.15, -0.1) is 0 Å². The second-order valence-electron chi connectivity index (χ2n) is 11.3. The molecule has 3 saturated heterocycles. The number of nitrogens with one attached hydrogen (secondary N) is 1. The van der Waals surface area contributed by atoms with E-state index in [1.54, 1.807) is 6.92 Å². The molecule has 7 rings (SSSR count). The molecule has 1 saturated carbocycles. The minimum Gasteiger partial charge on any atom is -0.485 e. The smallest absolute Gasteiger partial charge is 0.298 e. The van der Waals surface area contributed by atoms with Gasteiger partial charge in [-0.3, -0.25) is 14.7 Å². The minimum absolute atomic E-state index is 0.0398. The molecule has 4 aliphatic heterocycles. The highest BCUT2D eigenvalue weighted by molar-refractivity contribution is 5.93. The average molecular weight is 529 g/mol. The lowest BCUT2D eigenvalue weighted by atomic mass is 9.90. The summed E-state index contributed by atoms with van der Waals surface area (Å²) in [6.07, 6.45) is 6.26. The number of pyridine rings is 2. The van der Waals surface area contributed by atoms with Crippen LogP contribution in [0.25, 0.3) is 0 Å². The van der Waals surface area contributed by atoms with Gasteiger partial charge in [-0.1, -0.05) is 5.92 Å². The predicted molar refractivity (Wildman–Crippen MR) is 148 cm³/mol. The largest absolute Gasteiger partial charge is 0.485 e. The van der Waals surface area contributed by atoms with Crippen molar-refractivity contribution in [3.05, 3.63) is 35.3 Å². The van der Waals surface area contributed by atoms with Gasteiger partial charge in [0.2, 0.25) is 0 Å². The van der Waals surface area contributed by atoms with Gasteiger partial charge in [-0.05, 0) is 50.7 Å². The molecule has 4 fully saturated rings. The van der Waals surface area contributed by atoms with E-state index in [1.807, 2.05) is 11.1 Å². The van der Waals surface area contributed by atoms with Gasteiger partial charge in [0.15, 0.2) is 5.75 Å². The summed E-state index contributed by atoms with van der Waals surface area (Å²) in [7, 11) is 0. The highest BCUT2D eigenvalue weighted by Gasteiger charge is 2.39. The van der Waals surface area contributed by atoms with Crippen molar-refractivity contribution in [3.8, 4) is 17.6 Å². The van der Waals surface area contributed by atoms with Crippen LogP contribution in [0.2, 0.25) is 0 Å². The zero-order valence-electron chi connectivity index (χ0n) is 22.6. The summed E-state index contributed by atoms with van der Waals surface area (Å²) < 4.78 is 12.1. The fraction of sp³-hybridized carbons (Fsp3) is 0.567. The fourth-order valence-corrected chi connectivity index (χ4v) is 6.38. The van der Waals surface area contributed by atoms with Gasteiger partial charge in [0, 0.05) is 74.7 Å². The van der Waals surface area contributed by atoms with Crippen LogP contribution in [0.3, 0.4) is 0 Å². The van der Waals surface area contributed by atoms with Crippen molar-refractivity contribution in [2.24, 2.45) is 0 Å². The molecule has 0 bridgehead atoms. The van der Waals surface area contributed by atoms with Crippen LogP contribution in [0, 0.1) is 11.8 Å². The lowest BCUT2D eigenvalue weighted by Crippen LogP contribution is -2.54. The van der Waals surface area contributed by atoms with E-state index in [9.17, 15) is 4.79 Å². The SMILES string of the molecule is CC#CC(=O)N1CCC(N2CC(c3cc4c(c(C5CC5)n3)OCc3c(N5CCOCC5)ccnc3N4)C2)CC1. The quantitative estimate of drug-likeness (QED) is 0.606. The highest BCUT2D eigenvalue weighted by Crippen LogP contribution is 2.49. The van der Waals surface area contributed by atoms with E-state index >= 15 is 0 Å². The second-order valence-corrected chi connectivity index (χ2v) is 11.3. The third-order valence-electron chi connectivity index (χ3n) is 8.81. The Hall–Kier alpha value is -3.35. The molecule has 0 unspecified atom stereocenters. The van der Waals surface area contributed by atoms with E-state index in [0.29, 0.717) is 24.5 Å². The Morgan fingerprint density at radius 2 is 1.87 bits per heavy atom. The number of amides is 1. The second kappa shape index (κ2) is 10.3. The van der Waals surface area contributed by atoms with Crippen molar-refractivity contribution in [2.45, 2.75) is 57.1 Å². The van der Waals surface area contributed by atoms with Crippen molar-refractivity contribution in [1.82, 2.24) is 19.8 Å². The van der Waals surface area contributed by atoms with Crippen LogP contribution in [0.15, 0.2) is 18.3 Å². The Balaban J connectivity index is 1.08. The number of likely N-dealkylation sites (tertiary alicyclic amines) is 2. The van der Waals surface area contributed by atoms with Gasteiger partial charge in [0.25, 0.3) is 5.91 Å². The molecule has 9 nitrogen and oxygen atoms in total. The lowest BCUT2D eigenvalue weighted by Gasteiger charge is -2.47. The minimum atomic E-state index is -0.0398. The van der Waals surface area contributed by atoms with E-state index < -0.39 is 0 Å².